The van der Waals surface area contributed by atoms with Crippen molar-refractivity contribution in [3.63, 3.8) is 0 Å². The molecule has 2 rings (SSSR count). The van der Waals surface area contributed by atoms with Crippen LogP contribution in [0.25, 0.3) is 0 Å². The minimum absolute atomic E-state index is 0.329. The maximum absolute atomic E-state index is 10.3. The van der Waals surface area contributed by atoms with Gasteiger partial charge in [-0.2, -0.15) is 4.80 Å². The highest BCUT2D eigenvalue weighted by Gasteiger charge is 2.32. The molecule has 5 nitrogen and oxygen atoms in total. The molecule has 0 saturated heterocycles. The summed E-state index contributed by atoms with van der Waals surface area (Å²) in [6, 6.07) is 0. The first-order valence-corrected chi connectivity index (χ1v) is 7.27. The van der Waals surface area contributed by atoms with Crippen LogP contribution < -0.4 is 0 Å². The molecular formula is C14H26N4O. The maximum atomic E-state index is 10.3. The van der Waals surface area contributed by atoms with Crippen molar-refractivity contribution in [1.82, 2.24) is 20.2 Å². The topological polar surface area (TPSA) is 63.8 Å². The summed E-state index contributed by atoms with van der Waals surface area (Å²) in [4.78, 5) is 1.44. The molecule has 19 heavy (non-hydrogen) atoms. The van der Waals surface area contributed by atoms with E-state index in [-0.39, 0.29) is 6.10 Å². The van der Waals surface area contributed by atoms with Crippen LogP contribution in [-0.2, 0) is 13.5 Å². The molecule has 1 aliphatic carbocycles. The summed E-state index contributed by atoms with van der Waals surface area (Å²) in [6.07, 6.45) is 4.87. The third kappa shape index (κ3) is 3.75. The van der Waals surface area contributed by atoms with Gasteiger partial charge >= 0.3 is 0 Å². The normalized spacial score (nSPS) is 26.4. The van der Waals surface area contributed by atoms with Crippen LogP contribution in [0, 0.1) is 17.3 Å². The molecule has 5 heteroatoms. The second-order valence-corrected chi connectivity index (χ2v) is 6.94. The predicted octanol–water partition coefficient (Wildman–Crippen LogP) is 1.97. The van der Waals surface area contributed by atoms with Gasteiger partial charge in [0.1, 0.15) is 0 Å². The number of aliphatic hydroxyl groups is 1. The monoisotopic (exact) mass is 266 g/mol. The van der Waals surface area contributed by atoms with Crippen LogP contribution in [0.5, 0.6) is 0 Å². The van der Waals surface area contributed by atoms with Gasteiger partial charge in [0.05, 0.1) is 13.2 Å². The van der Waals surface area contributed by atoms with Crippen LogP contribution in [0.15, 0.2) is 0 Å². The molecule has 1 unspecified atom stereocenters. The SMILES string of the molecule is Cn1nnc(CC(O)C2CCC(C(C)(C)C)CC2)n1. The van der Waals surface area contributed by atoms with E-state index in [1.54, 1.807) is 7.05 Å². The fourth-order valence-electron chi connectivity index (χ4n) is 3.13. The smallest absolute Gasteiger partial charge is 0.177 e. The number of tetrazole rings is 1. The minimum atomic E-state index is -0.329. The summed E-state index contributed by atoms with van der Waals surface area (Å²) in [6.45, 7) is 6.95. The zero-order chi connectivity index (χ0) is 14.0. The van der Waals surface area contributed by atoms with Crippen LogP contribution in [0.4, 0.5) is 0 Å². The highest BCUT2D eigenvalue weighted by Crippen LogP contribution is 2.40. The number of nitrogens with zero attached hydrogens (tertiary/aromatic N) is 4. The molecule has 1 fully saturated rings. The number of aryl methyl sites for hydroxylation is 1. The molecule has 1 N–H and O–H groups in total. The standard InChI is InChI=1S/C14H26N4O/c1-14(2,3)11-7-5-10(6-8-11)12(19)9-13-15-17-18(4)16-13/h10-12,19H,5-9H2,1-4H3. The Morgan fingerprint density at radius 3 is 2.37 bits per heavy atom. The van der Waals surface area contributed by atoms with Gasteiger partial charge in [0.25, 0.3) is 0 Å². The molecule has 1 aromatic rings. The first-order chi connectivity index (χ1) is 8.86. The van der Waals surface area contributed by atoms with E-state index < -0.39 is 0 Å². The van der Waals surface area contributed by atoms with Crippen molar-refractivity contribution in [2.45, 2.75) is 59.0 Å². The Labute approximate surface area is 115 Å². The van der Waals surface area contributed by atoms with Gasteiger partial charge in [-0.15, -0.1) is 10.2 Å². The van der Waals surface area contributed by atoms with E-state index in [9.17, 15) is 5.11 Å². The van der Waals surface area contributed by atoms with Crippen molar-refractivity contribution in [2.75, 3.05) is 0 Å². The van der Waals surface area contributed by atoms with E-state index in [2.05, 4.69) is 36.2 Å². The number of hydrogen-bond donors (Lipinski definition) is 1. The fourth-order valence-corrected chi connectivity index (χ4v) is 3.13. The van der Waals surface area contributed by atoms with Gasteiger partial charge in [0.15, 0.2) is 5.82 Å². The summed E-state index contributed by atoms with van der Waals surface area (Å²) < 4.78 is 0. The van der Waals surface area contributed by atoms with Gasteiger partial charge in [0, 0.05) is 6.42 Å². The Bertz CT molecular complexity index is 402. The molecule has 108 valence electrons. The zero-order valence-electron chi connectivity index (χ0n) is 12.5. The molecule has 0 amide bonds. The fraction of sp³-hybridized carbons (Fsp3) is 0.929. The lowest BCUT2D eigenvalue weighted by Crippen LogP contribution is -2.32. The van der Waals surface area contributed by atoms with E-state index in [1.807, 2.05) is 0 Å². The minimum Gasteiger partial charge on any atom is -0.392 e. The molecule has 0 aromatic carbocycles. The van der Waals surface area contributed by atoms with Gasteiger partial charge in [-0.05, 0) is 48.1 Å². The molecule has 1 aliphatic rings. The Morgan fingerprint density at radius 2 is 1.89 bits per heavy atom. The van der Waals surface area contributed by atoms with E-state index in [0.717, 1.165) is 18.8 Å². The van der Waals surface area contributed by atoms with Crippen LogP contribution in [0.2, 0.25) is 0 Å². The Balaban J connectivity index is 1.84. The van der Waals surface area contributed by atoms with Crippen LogP contribution >= 0.6 is 0 Å². The zero-order valence-corrected chi connectivity index (χ0v) is 12.5. The lowest BCUT2D eigenvalue weighted by Gasteiger charge is -2.38. The van der Waals surface area contributed by atoms with Crippen molar-refractivity contribution in [1.29, 1.82) is 0 Å². The maximum Gasteiger partial charge on any atom is 0.177 e. The summed E-state index contributed by atoms with van der Waals surface area (Å²) >= 11 is 0. The molecule has 1 heterocycles. The quantitative estimate of drug-likeness (QED) is 0.908. The predicted molar refractivity (Wildman–Crippen MR) is 73.4 cm³/mol. The molecular weight excluding hydrogens is 240 g/mol. The Kier molecular flexibility index (Phi) is 4.23. The van der Waals surface area contributed by atoms with Crippen molar-refractivity contribution in [2.24, 2.45) is 24.3 Å². The van der Waals surface area contributed by atoms with Crippen molar-refractivity contribution in [3.8, 4) is 0 Å². The molecule has 0 bridgehead atoms. The lowest BCUT2D eigenvalue weighted by atomic mass is 9.68. The number of aromatic nitrogens is 4. The summed E-state index contributed by atoms with van der Waals surface area (Å²) in [5.74, 6) is 1.82. The van der Waals surface area contributed by atoms with Crippen molar-refractivity contribution in [3.05, 3.63) is 5.82 Å². The first-order valence-electron chi connectivity index (χ1n) is 7.27. The number of aliphatic hydroxyl groups excluding tert-OH is 1. The summed E-state index contributed by atoms with van der Waals surface area (Å²) in [5, 5.41) is 22.2. The van der Waals surface area contributed by atoms with E-state index in [0.29, 0.717) is 23.6 Å². The molecule has 1 saturated carbocycles. The molecule has 1 aromatic heterocycles. The molecule has 0 aliphatic heterocycles. The van der Waals surface area contributed by atoms with Crippen LogP contribution in [-0.4, -0.2) is 31.4 Å². The van der Waals surface area contributed by atoms with Gasteiger partial charge in [-0.1, -0.05) is 20.8 Å². The second kappa shape index (κ2) is 5.57. The summed E-state index contributed by atoms with van der Waals surface area (Å²) in [5.41, 5.74) is 0.391. The second-order valence-electron chi connectivity index (χ2n) is 6.94. The highest BCUT2D eigenvalue weighted by molar-refractivity contribution is 4.88. The molecule has 0 spiro atoms. The number of hydrogen-bond acceptors (Lipinski definition) is 4. The van der Waals surface area contributed by atoms with Gasteiger partial charge in [-0.25, -0.2) is 0 Å². The third-order valence-electron chi connectivity index (χ3n) is 4.48. The van der Waals surface area contributed by atoms with Crippen LogP contribution in [0.1, 0.15) is 52.3 Å². The van der Waals surface area contributed by atoms with Crippen LogP contribution in [0.3, 0.4) is 0 Å². The average Bonchev–Trinajstić information content (AvgIpc) is 2.74. The number of rotatable bonds is 3. The Morgan fingerprint density at radius 1 is 1.26 bits per heavy atom. The van der Waals surface area contributed by atoms with Gasteiger partial charge in [0.2, 0.25) is 0 Å². The van der Waals surface area contributed by atoms with Crippen molar-refractivity contribution < 1.29 is 5.11 Å². The van der Waals surface area contributed by atoms with E-state index >= 15 is 0 Å². The first kappa shape index (κ1) is 14.4. The molecule has 0 radical (unpaired) electrons. The Hall–Kier alpha value is -0.970. The van der Waals surface area contributed by atoms with E-state index in [1.165, 1.54) is 17.6 Å². The van der Waals surface area contributed by atoms with Gasteiger partial charge < -0.3 is 5.11 Å². The summed E-state index contributed by atoms with van der Waals surface area (Å²) in [7, 11) is 1.75. The largest absolute Gasteiger partial charge is 0.392 e. The third-order valence-corrected chi connectivity index (χ3v) is 4.48. The van der Waals surface area contributed by atoms with Gasteiger partial charge in [-0.3, -0.25) is 0 Å². The molecule has 1 atom stereocenters. The van der Waals surface area contributed by atoms with E-state index in [4.69, 9.17) is 0 Å². The highest BCUT2D eigenvalue weighted by atomic mass is 16.3. The lowest BCUT2D eigenvalue weighted by molar-refractivity contribution is 0.0525. The average molecular weight is 266 g/mol. The van der Waals surface area contributed by atoms with Crippen molar-refractivity contribution >= 4 is 0 Å².